The summed E-state index contributed by atoms with van der Waals surface area (Å²) < 4.78 is 6.93. The fraction of sp³-hybridized carbons (Fsp3) is 0.263. The van der Waals surface area contributed by atoms with Crippen LogP contribution in [0, 0.1) is 7.14 Å². The summed E-state index contributed by atoms with van der Waals surface area (Å²) >= 11 is 4.09. The lowest BCUT2D eigenvalue weighted by Gasteiger charge is -2.10. The first-order chi connectivity index (χ1) is 12.4. The maximum atomic E-state index is 11.8. The van der Waals surface area contributed by atoms with Gasteiger partial charge in [0.2, 0.25) is 0 Å². The van der Waals surface area contributed by atoms with Crippen molar-refractivity contribution in [3.05, 3.63) is 54.7 Å². The average molecular weight is 578 g/mol. The van der Waals surface area contributed by atoms with Gasteiger partial charge in [0, 0.05) is 0 Å². The summed E-state index contributed by atoms with van der Waals surface area (Å²) in [5.41, 5.74) is 4.48. The lowest BCUT2D eigenvalue weighted by atomic mass is 9.99. The number of hydrazone groups is 1. The number of nitrogens with zero attached hydrogens (tertiary/aromatic N) is 1. The zero-order chi connectivity index (χ0) is 19.1. The van der Waals surface area contributed by atoms with Crippen molar-refractivity contribution in [2.75, 3.05) is 6.61 Å². The van der Waals surface area contributed by atoms with Gasteiger partial charge in [0.15, 0.2) is 6.61 Å². The number of hydrogen-bond acceptors (Lipinski definition) is 4. The Morgan fingerprint density at radius 1 is 1.27 bits per heavy atom. The molecule has 0 aromatic heterocycles. The third-order valence-electron chi connectivity index (χ3n) is 3.87. The van der Waals surface area contributed by atoms with Crippen molar-refractivity contribution >= 4 is 57.3 Å². The second-order valence-electron chi connectivity index (χ2n) is 5.79. The summed E-state index contributed by atoms with van der Waals surface area (Å²) in [6, 6.07) is 11.4. The maximum Gasteiger partial charge on any atom is 0.277 e. The number of hydrogen-bond donors (Lipinski definition) is 2. The molecule has 0 bridgehead atoms. The number of ether oxygens (including phenoxy) is 1. The fourth-order valence-electron chi connectivity index (χ4n) is 2.15. The zero-order valence-corrected chi connectivity index (χ0v) is 18.8. The van der Waals surface area contributed by atoms with Gasteiger partial charge < -0.3 is 9.84 Å². The van der Waals surface area contributed by atoms with Gasteiger partial charge >= 0.3 is 0 Å². The smallest absolute Gasteiger partial charge is 0.277 e. The number of aromatic hydroxyl groups is 1. The minimum absolute atomic E-state index is 0.106. The molecule has 2 rings (SSSR count). The van der Waals surface area contributed by atoms with Crippen LogP contribution >= 0.6 is 45.2 Å². The largest absolute Gasteiger partial charge is 0.506 e. The number of carbonyl (C=O) groups excluding carboxylic acids is 1. The van der Waals surface area contributed by atoms with Crippen LogP contribution in [0.15, 0.2) is 41.5 Å². The Morgan fingerprint density at radius 3 is 2.46 bits per heavy atom. The molecule has 2 N–H and O–H groups in total. The molecule has 0 fully saturated rings. The molecule has 0 aliphatic rings. The van der Waals surface area contributed by atoms with Crippen LogP contribution in [0.2, 0.25) is 0 Å². The third kappa shape index (κ3) is 6.11. The van der Waals surface area contributed by atoms with Crippen LogP contribution < -0.4 is 10.2 Å². The van der Waals surface area contributed by atoms with Crippen LogP contribution in [0.1, 0.15) is 37.3 Å². The van der Waals surface area contributed by atoms with Crippen molar-refractivity contribution in [1.82, 2.24) is 5.43 Å². The maximum absolute atomic E-state index is 11.8. The first kappa shape index (κ1) is 20.9. The van der Waals surface area contributed by atoms with Gasteiger partial charge in [0.25, 0.3) is 5.91 Å². The summed E-state index contributed by atoms with van der Waals surface area (Å²) in [6.07, 6.45) is 2.61. The zero-order valence-electron chi connectivity index (χ0n) is 14.5. The SMILES string of the molecule is CC[C@@H](C)c1ccc(OCC(=O)N/N=C/c2cc(I)c(O)c(I)c2)cc1. The van der Waals surface area contributed by atoms with Crippen molar-refractivity contribution in [2.24, 2.45) is 5.10 Å². The molecule has 0 aliphatic heterocycles. The Labute approximate surface area is 180 Å². The number of halogens is 2. The Balaban J connectivity index is 1.83. The molecule has 7 heteroatoms. The van der Waals surface area contributed by atoms with Gasteiger partial charge in [-0.1, -0.05) is 26.0 Å². The van der Waals surface area contributed by atoms with Crippen molar-refractivity contribution in [3.8, 4) is 11.5 Å². The van der Waals surface area contributed by atoms with Crippen LogP contribution in [-0.2, 0) is 4.79 Å². The highest BCUT2D eigenvalue weighted by atomic mass is 127. The molecular weight excluding hydrogens is 558 g/mol. The molecule has 138 valence electrons. The molecule has 1 atom stereocenters. The highest BCUT2D eigenvalue weighted by Gasteiger charge is 2.06. The van der Waals surface area contributed by atoms with Crippen molar-refractivity contribution in [2.45, 2.75) is 26.2 Å². The molecule has 0 saturated heterocycles. The van der Waals surface area contributed by atoms with Crippen LogP contribution in [-0.4, -0.2) is 23.8 Å². The number of amides is 1. The van der Waals surface area contributed by atoms with Crippen molar-refractivity contribution < 1.29 is 14.6 Å². The van der Waals surface area contributed by atoms with Gasteiger partial charge in [-0.2, -0.15) is 5.10 Å². The predicted octanol–water partition coefficient (Wildman–Crippen LogP) is 4.64. The van der Waals surface area contributed by atoms with Crippen LogP contribution in [0.25, 0.3) is 0 Å². The Hall–Kier alpha value is -1.36. The molecule has 0 saturated carbocycles. The van der Waals surface area contributed by atoms with E-state index < -0.39 is 0 Å². The second-order valence-corrected chi connectivity index (χ2v) is 8.12. The number of nitrogens with one attached hydrogen (secondary N) is 1. The van der Waals surface area contributed by atoms with E-state index in [1.807, 2.05) is 69.4 Å². The average Bonchev–Trinajstić information content (AvgIpc) is 2.64. The molecule has 26 heavy (non-hydrogen) atoms. The summed E-state index contributed by atoms with van der Waals surface area (Å²) in [4.78, 5) is 11.8. The van der Waals surface area contributed by atoms with Gasteiger partial charge in [-0.05, 0) is 92.9 Å². The Morgan fingerprint density at radius 2 is 1.88 bits per heavy atom. The summed E-state index contributed by atoms with van der Waals surface area (Å²) in [7, 11) is 0. The molecule has 0 aliphatic carbocycles. The minimum Gasteiger partial charge on any atom is -0.506 e. The van der Waals surface area contributed by atoms with E-state index >= 15 is 0 Å². The van der Waals surface area contributed by atoms with E-state index in [9.17, 15) is 9.90 Å². The number of phenolic OH excluding ortho intramolecular Hbond substituents is 1. The molecule has 2 aromatic rings. The van der Waals surface area contributed by atoms with Gasteiger partial charge in [-0.15, -0.1) is 0 Å². The van der Waals surface area contributed by atoms with Crippen molar-refractivity contribution in [1.29, 1.82) is 0 Å². The third-order valence-corrected chi connectivity index (χ3v) is 5.52. The second kappa shape index (κ2) is 10.1. The van der Waals surface area contributed by atoms with E-state index in [2.05, 4.69) is 24.4 Å². The molecule has 1 amide bonds. The number of carbonyl (C=O) groups is 1. The standard InChI is InChI=1S/C19H20I2N2O3/c1-3-12(2)14-4-6-15(7-5-14)26-11-18(24)23-22-10-13-8-16(20)19(25)17(21)9-13/h4-10,12,25H,3,11H2,1-2H3,(H,23,24)/b22-10+/t12-/m1/s1. The van der Waals surface area contributed by atoms with Gasteiger partial charge in [0.05, 0.1) is 13.4 Å². The van der Waals surface area contributed by atoms with E-state index in [-0.39, 0.29) is 18.3 Å². The molecule has 2 aromatic carbocycles. The van der Waals surface area contributed by atoms with E-state index in [1.165, 1.54) is 11.8 Å². The predicted molar refractivity (Wildman–Crippen MR) is 120 cm³/mol. The number of phenols is 1. The lowest BCUT2D eigenvalue weighted by Crippen LogP contribution is -2.24. The fourth-order valence-corrected chi connectivity index (χ4v) is 3.96. The van der Waals surface area contributed by atoms with Gasteiger partial charge in [-0.3, -0.25) is 4.79 Å². The van der Waals surface area contributed by atoms with E-state index in [4.69, 9.17) is 4.74 Å². The first-order valence-corrected chi connectivity index (χ1v) is 10.3. The summed E-state index contributed by atoms with van der Waals surface area (Å²) in [5, 5.41) is 13.7. The highest BCUT2D eigenvalue weighted by molar-refractivity contribution is 14.1. The lowest BCUT2D eigenvalue weighted by molar-refractivity contribution is -0.123. The van der Waals surface area contributed by atoms with Crippen LogP contribution in [0.5, 0.6) is 11.5 Å². The molecule has 0 unspecified atom stereocenters. The molecule has 5 nitrogen and oxygen atoms in total. The molecule has 0 spiro atoms. The minimum atomic E-state index is -0.338. The van der Waals surface area contributed by atoms with Gasteiger partial charge in [0.1, 0.15) is 11.5 Å². The summed E-state index contributed by atoms with van der Waals surface area (Å²) in [6.45, 7) is 4.22. The normalized spacial score (nSPS) is 12.2. The monoisotopic (exact) mass is 578 g/mol. The summed E-state index contributed by atoms with van der Waals surface area (Å²) in [5.74, 6) is 1.07. The molecular formula is C19H20I2N2O3. The number of rotatable bonds is 7. The first-order valence-electron chi connectivity index (χ1n) is 8.13. The molecule has 0 heterocycles. The van der Waals surface area contributed by atoms with Crippen LogP contribution in [0.4, 0.5) is 0 Å². The van der Waals surface area contributed by atoms with Gasteiger partial charge in [-0.25, -0.2) is 5.43 Å². The Bertz CT molecular complexity index is 769. The van der Waals surface area contributed by atoms with Crippen molar-refractivity contribution in [3.63, 3.8) is 0 Å². The molecule has 0 radical (unpaired) electrons. The van der Waals surface area contributed by atoms with E-state index in [1.54, 1.807) is 12.1 Å². The number of benzene rings is 2. The van der Waals surface area contributed by atoms with E-state index in [0.717, 1.165) is 19.1 Å². The van der Waals surface area contributed by atoms with Crippen LogP contribution in [0.3, 0.4) is 0 Å². The van der Waals surface area contributed by atoms with E-state index in [0.29, 0.717) is 11.7 Å². The Kier molecular flexibility index (Phi) is 8.14. The topological polar surface area (TPSA) is 70.9 Å². The quantitative estimate of drug-likeness (QED) is 0.286. The highest BCUT2D eigenvalue weighted by Crippen LogP contribution is 2.26.